The van der Waals surface area contributed by atoms with Gasteiger partial charge in [0.05, 0.1) is 17.2 Å². The average Bonchev–Trinajstić information content (AvgIpc) is 3.37. The van der Waals surface area contributed by atoms with Crippen molar-refractivity contribution in [3.63, 3.8) is 0 Å². The van der Waals surface area contributed by atoms with Crippen LogP contribution in [-0.2, 0) is 0 Å². The van der Waals surface area contributed by atoms with E-state index in [1.165, 1.54) is 0 Å². The lowest BCUT2D eigenvalue weighted by atomic mass is 9.96. The Labute approximate surface area is 203 Å². The number of carbonyl (C=O) groups is 1. The van der Waals surface area contributed by atoms with Crippen molar-refractivity contribution < 1.29 is 23.1 Å². The minimum absolute atomic E-state index is 0.0116. The highest BCUT2D eigenvalue weighted by atomic mass is 19.1. The summed E-state index contributed by atoms with van der Waals surface area (Å²) in [5, 5.41) is 12.1. The lowest BCUT2D eigenvalue weighted by Crippen LogP contribution is -2.36. The Morgan fingerprint density at radius 3 is 2.69 bits per heavy atom. The summed E-state index contributed by atoms with van der Waals surface area (Å²) in [6, 6.07) is 5.41. The molecule has 1 amide bonds. The van der Waals surface area contributed by atoms with Crippen LogP contribution in [0.25, 0.3) is 33.1 Å². The Balaban J connectivity index is 1.54. The zero-order valence-electron chi connectivity index (χ0n) is 19.3. The first-order valence-electron chi connectivity index (χ1n) is 11.7. The smallest absolute Gasteiger partial charge is 0.404 e. The SMILES string of the molecule is Cc1c(-c2cc(F)c(N)cc2F)ccc2c3oc(N4CC[C@H](NC(=O)O)C4)nc3c(=O)n(C3CC3)c12. The number of fused-ring (bicyclic) bond motifs is 3. The molecule has 2 fully saturated rings. The van der Waals surface area contributed by atoms with E-state index in [4.69, 9.17) is 15.3 Å². The molecule has 4 N–H and O–H groups in total. The Kier molecular flexibility index (Phi) is 4.92. The minimum atomic E-state index is -1.10. The van der Waals surface area contributed by atoms with Crippen LogP contribution >= 0.6 is 0 Å². The number of anilines is 2. The van der Waals surface area contributed by atoms with Crippen LogP contribution in [0.1, 0.15) is 30.9 Å². The quantitative estimate of drug-likeness (QED) is 0.363. The zero-order chi connectivity index (χ0) is 25.3. The highest BCUT2D eigenvalue weighted by Crippen LogP contribution is 2.41. The summed E-state index contributed by atoms with van der Waals surface area (Å²) in [6.07, 6.45) is 1.15. The van der Waals surface area contributed by atoms with E-state index < -0.39 is 17.7 Å². The van der Waals surface area contributed by atoms with Crippen LogP contribution in [0.5, 0.6) is 0 Å². The Morgan fingerprint density at radius 2 is 1.97 bits per heavy atom. The second-order valence-electron chi connectivity index (χ2n) is 9.45. The molecular weight excluding hydrogens is 472 g/mol. The average molecular weight is 495 g/mol. The second kappa shape index (κ2) is 7.94. The number of oxazole rings is 1. The summed E-state index contributed by atoms with van der Waals surface area (Å²) in [4.78, 5) is 30.9. The predicted molar refractivity (Wildman–Crippen MR) is 130 cm³/mol. The summed E-state index contributed by atoms with van der Waals surface area (Å²) >= 11 is 0. The van der Waals surface area contributed by atoms with E-state index in [0.29, 0.717) is 47.1 Å². The number of carboxylic acid groups (broad SMARTS) is 1. The highest BCUT2D eigenvalue weighted by Gasteiger charge is 2.32. The monoisotopic (exact) mass is 495 g/mol. The topological polar surface area (TPSA) is 127 Å². The van der Waals surface area contributed by atoms with Crippen molar-refractivity contribution in [2.45, 2.75) is 38.3 Å². The molecule has 1 saturated carbocycles. The summed E-state index contributed by atoms with van der Waals surface area (Å²) in [5.74, 6) is -1.37. The van der Waals surface area contributed by atoms with Gasteiger partial charge in [0.2, 0.25) is 0 Å². The largest absolute Gasteiger partial charge is 0.465 e. The van der Waals surface area contributed by atoms with Crippen molar-refractivity contribution in [3.05, 3.63) is 51.8 Å². The van der Waals surface area contributed by atoms with Crippen LogP contribution in [0.15, 0.2) is 33.5 Å². The van der Waals surface area contributed by atoms with Gasteiger partial charge in [-0.15, -0.1) is 0 Å². The van der Waals surface area contributed by atoms with Gasteiger partial charge in [0, 0.05) is 36.1 Å². The number of nitrogens with one attached hydrogen (secondary N) is 1. The predicted octanol–water partition coefficient (Wildman–Crippen LogP) is 4.16. The van der Waals surface area contributed by atoms with Crippen molar-refractivity contribution in [3.8, 4) is 11.1 Å². The van der Waals surface area contributed by atoms with Crippen LogP contribution in [0, 0.1) is 18.6 Å². The molecule has 1 atom stereocenters. The third-order valence-corrected chi connectivity index (χ3v) is 7.03. The lowest BCUT2D eigenvalue weighted by Gasteiger charge is -2.16. The first-order valence-corrected chi connectivity index (χ1v) is 11.7. The molecule has 1 aliphatic heterocycles. The third-order valence-electron chi connectivity index (χ3n) is 7.03. The van der Waals surface area contributed by atoms with E-state index >= 15 is 0 Å². The number of halogens is 2. The molecule has 3 heterocycles. The van der Waals surface area contributed by atoms with Crippen molar-refractivity contribution in [1.82, 2.24) is 14.9 Å². The van der Waals surface area contributed by atoms with E-state index in [1.54, 1.807) is 28.5 Å². The molecule has 9 nitrogen and oxygen atoms in total. The second-order valence-corrected chi connectivity index (χ2v) is 9.45. The Hall–Kier alpha value is -4.15. The van der Waals surface area contributed by atoms with Gasteiger partial charge >= 0.3 is 6.09 Å². The highest BCUT2D eigenvalue weighted by molar-refractivity contribution is 6.04. The fraction of sp³-hybridized carbons (Fsp3) is 0.320. The Morgan fingerprint density at radius 1 is 1.19 bits per heavy atom. The number of hydrogen-bond donors (Lipinski definition) is 3. The molecule has 36 heavy (non-hydrogen) atoms. The molecule has 0 radical (unpaired) electrons. The molecule has 1 saturated heterocycles. The molecule has 0 spiro atoms. The number of nitrogens with zero attached hydrogens (tertiary/aromatic N) is 3. The summed E-state index contributed by atoms with van der Waals surface area (Å²) in [7, 11) is 0. The number of rotatable bonds is 4. The van der Waals surface area contributed by atoms with Crippen molar-refractivity contribution >= 4 is 39.8 Å². The van der Waals surface area contributed by atoms with E-state index in [0.717, 1.165) is 25.0 Å². The van der Waals surface area contributed by atoms with E-state index in [9.17, 15) is 18.4 Å². The van der Waals surface area contributed by atoms with Crippen molar-refractivity contribution in [2.75, 3.05) is 23.7 Å². The van der Waals surface area contributed by atoms with E-state index in [-0.39, 0.29) is 40.4 Å². The number of benzene rings is 2. The standard InChI is InChI=1S/C25H23F2N5O4/c1-11-14(16-8-18(27)19(28)9-17(16)26)4-5-15-21(11)32(13-2-3-13)23(33)20-22(15)36-24(30-20)31-7-6-12(10-31)29-25(34)35/h4-5,8-9,12-13,29H,2-3,6-7,10,28H2,1H3,(H,34,35)/t12-/m0/s1. The van der Waals surface area contributed by atoms with Crippen LogP contribution in [0.4, 0.5) is 25.3 Å². The van der Waals surface area contributed by atoms with Crippen LogP contribution in [0.3, 0.4) is 0 Å². The molecule has 1 aliphatic carbocycles. The maximum Gasteiger partial charge on any atom is 0.404 e. The first-order chi connectivity index (χ1) is 17.2. The molecule has 0 unspecified atom stereocenters. The van der Waals surface area contributed by atoms with Gasteiger partial charge in [-0.05, 0) is 49.4 Å². The maximum absolute atomic E-state index is 14.8. The first kappa shape index (κ1) is 22.3. The van der Waals surface area contributed by atoms with Gasteiger partial charge in [-0.1, -0.05) is 6.07 Å². The zero-order valence-corrected chi connectivity index (χ0v) is 19.3. The number of pyridine rings is 1. The van der Waals surface area contributed by atoms with Gasteiger partial charge in [-0.25, -0.2) is 13.6 Å². The molecule has 4 aromatic rings. The molecular formula is C25H23F2N5O4. The number of aromatic nitrogens is 2. The maximum atomic E-state index is 14.8. The molecule has 2 aliphatic rings. The van der Waals surface area contributed by atoms with Crippen LogP contribution in [0.2, 0.25) is 0 Å². The van der Waals surface area contributed by atoms with Gasteiger partial charge in [-0.2, -0.15) is 4.98 Å². The fourth-order valence-electron chi connectivity index (χ4n) is 5.15. The summed E-state index contributed by atoms with van der Waals surface area (Å²) < 4.78 is 36.8. The molecule has 2 aromatic heterocycles. The number of amides is 1. The molecule has 11 heteroatoms. The number of nitrogens with two attached hydrogens (primary N) is 1. The fourth-order valence-corrected chi connectivity index (χ4v) is 5.15. The Bertz CT molecular complexity index is 1630. The van der Waals surface area contributed by atoms with Gasteiger partial charge < -0.3 is 30.0 Å². The van der Waals surface area contributed by atoms with Gasteiger partial charge in [-0.3, -0.25) is 4.79 Å². The van der Waals surface area contributed by atoms with Crippen molar-refractivity contribution in [2.24, 2.45) is 0 Å². The molecule has 0 bridgehead atoms. The van der Waals surface area contributed by atoms with Crippen LogP contribution < -0.4 is 21.5 Å². The number of nitrogen functional groups attached to an aromatic ring is 1. The van der Waals surface area contributed by atoms with Crippen molar-refractivity contribution in [1.29, 1.82) is 0 Å². The van der Waals surface area contributed by atoms with Crippen LogP contribution in [-0.4, -0.2) is 39.9 Å². The normalized spacial score (nSPS) is 17.9. The van der Waals surface area contributed by atoms with E-state index in [1.807, 2.05) is 0 Å². The van der Waals surface area contributed by atoms with Gasteiger partial charge in [0.15, 0.2) is 11.1 Å². The number of aryl methyl sites for hydroxylation is 1. The molecule has 186 valence electrons. The lowest BCUT2D eigenvalue weighted by molar-refractivity contribution is 0.191. The number of hydrogen-bond acceptors (Lipinski definition) is 6. The molecule has 6 rings (SSSR count). The molecule has 2 aromatic carbocycles. The van der Waals surface area contributed by atoms with E-state index in [2.05, 4.69) is 10.3 Å². The van der Waals surface area contributed by atoms with Gasteiger partial charge in [0.25, 0.3) is 11.6 Å². The summed E-state index contributed by atoms with van der Waals surface area (Å²) in [5.41, 5.74) is 7.17. The third kappa shape index (κ3) is 3.45. The van der Waals surface area contributed by atoms with Gasteiger partial charge in [0.1, 0.15) is 11.6 Å². The minimum Gasteiger partial charge on any atom is -0.465 e. The summed E-state index contributed by atoms with van der Waals surface area (Å²) in [6.45, 7) is 2.67.